The predicted octanol–water partition coefficient (Wildman–Crippen LogP) is 2.38. The number of ether oxygens (including phenoxy) is 1. The summed E-state index contributed by atoms with van der Waals surface area (Å²) in [4.78, 5) is 2.45. The number of benzene rings is 1. The van der Waals surface area contributed by atoms with Gasteiger partial charge >= 0.3 is 0 Å². The van der Waals surface area contributed by atoms with E-state index in [9.17, 15) is 0 Å². The molecule has 1 aromatic rings. The lowest BCUT2D eigenvalue weighted by molar-refractivity contribution is -0.0191. The minimum atomic E-state index is 0.309. The summed E-state index contributed by atoms with van der Waals surface area (Å²) in [6.07, 6.45) is 1.37. The summed E-state index contributed by atoms with van der Waals surface area (Å²) in [6.45, 7) is 9.38. The Morgan fingerprint density at radius 1 is 1.33 bits per heavy atom. The summed E-state index contributed by atoms with van der Waals surface area (Å²) in [5, 5.41) is 3.53. The molecule has 0 amide bonds. The monoisotopic (exact) mass is 248 g/mol. The number of morpholine rings is 1. The summed E-state index contributed by atoms with van der Waals surface area (Å²) in [5.74, 6) is 0. The fourth-order valence-electron chi connectivity index (χ4n) is 2.42. The van der Waals surface area contributed by atoms with Crippen LogP contribution in [0.15, 0.2) is 24.3 Å². The third-order valence-corrected chi connectivity index (χ3v) is 3.59. The van der Waals surface area contributed by atoms with Gasteiger partial charge in [0.1, 0.15) is 0 Å². The van der Waals surface area contributed by atoms with Crippen LogP contribution in [0.1, 0.15) is 19.4 Å². The Balaban J connectivity index is 1.87. The van der Waals surface area contributed by atoms with Crippen molar-refractivity contribution in [2.75, 3.05) is 38.1 Å². The molecule has 0 aromatic heterocycles. The number of nitrogens with one attached hydrogen (secondary N) is 1. The van der Waals surface area contributed by atoms with Gasteiger partial charge in [0.15, 0.2) is 0 Å². The fraction of sp³-hybridized carbons (Fsp3) is 0.600. The molecule has 18 heavy (non-hydrogen) atoms. The molecular formula is C15H24N2O. The first kappa shape index (κ1) is 13.4. The Morgan fingerprint density at radius 3 is 2.94 bits per heavy atom. The van der Waals surface area contributed by atoms with Crippen LogP contribution in [-0.2, 0) is 11.2 Å². The van der Waals surface area contributed by atoms with E-state index in [1.807, 2.05) is 0 Å². The van der Waals surface area contributed by atoms with Gasteiger partial charge in [-0.15, -0.1) is 0 Å². The van der Waals surface area contributed by atoms with Gasteiger partial charge in [0, 0.05) is 25.3 Å². The van der Waals surface area contributed by atoms with E-state index in [1.54, 1.807) is 0 Å². The number of hydrogen-bond donors (Lipinski definition) is 1. The normalized spacial score (nSPS) is 20.9. The van der Waals surface area contributed by atoms with E-state index in [-0.39, 0.29) is 0 Å². The van der Waals surface area contributed by atoms with Gasteiger partial charge in [-0.25, -0.2) is 0 Å². The molecule has 1 saturated heterocycles. The number of para-hydroxylation sites is 1. The van der Waals surface area contributed by atoms with Gasteiger partial charge in [-0.1, -0.05) is 32.0 Å². The first-order valence-electron chi connectivity index (χ1n) is 6.99. The molecule has 1 heterocycles. The summed E-state index contributed by atoms with van der Waals surface area (Å²) >= 11 is 0. The van der Waals surface area contributed by atoms with Crippen LogP contribution in [0.3, 0.4) is 0 Å². The van der Waals surface area contributed by atoms with Crippen molar-refractivity contribution in [3.8, 4) is 0 Å². The van der Waals surface area contributed by atoms with E-state index in [0.717, 1.165) is 39.2 Å². The number of likely N-dealkylation sites (N-methyl/N-ethyl adjacent to an activating group) is 1. The Bertz CT molecular complexity index is 367. The Hall–Kier alpha value is -1.06. The first-order valence-corrected chi connectivity index (χ1v) is 6.99. The molecule has 0 bridgehead atoms. The maximum Gasteiger partial charge on any atom is 0.0874 e. The summed E-state index contributed by atoms with van der Waals surface area (Å²) < 4.78 is 5.80. The topological polar surface area (TPSA) is 24.5 Å². The highest BCUT2D eigenvalue weighted by molar-refractivity contribution is 5.51. The molecule has 1 aromatic carbocycles. The third kappa shape index (κ3) is 3.47. The Kier molecular flexibility index (Phi) is 5.02. The van der Waals surface area contributed by atoms with E-state index in [2.05, 4.69) is 48.3 Å². The number of hydrogen-bond acceptors (Lipinski definition) is 3. The lowest BCUT2D eigenvalue weighted by Gasteiger charge is -2.32. The third-order valence-electron chi connectivity index (χ3n) is 3.59. The van der Waals surface area contributed by atoms with Gasteiger partial charge in [0.25, 0.3) is 0 Å². The van der Waals surface area contributed by atoms with Crippen LogP contribution in [0.2, 0.25) is 0 Å². The fourth-order valence-corrected chi connectivity index (χ4v) is 2.42. The number of nitrogens with zero attached hydrogens (tertiary/aromatic N) is 1. The molecule has 1 N–H and O–H groups in total. The van der Waals surface area contributed by atoms with Gasteiger partial charge in [-0.05, 0) is 24.6 Å². The van der Waals surface area contributed by atoms with E-state index < -0.39 is 0 Å². The number of anilines is 1. The summed E-state index contributed by atoms with van der Waals surface area (Å²) in [6, 6.07) is 8.52. The highest BCUT2D eigenvalue weighted by atomic mass is 16.5. The van der Waals surface area contributed by atoms with Crippen molar-refractivity contribution in [2.45, 2.75) is 26.4 Å². The molecule has 1 aliphatic heterocycles. The molecule has 100 valence electrons. The van der Waals surface area contributed by atoms with Crippen LogP contribution in [0.5, 0.6) is 0 Å². The summed E-state index contributed by atoms with van der Waals surface area (Å²) in [7, 11) is 0. The van der Waals surface area contributed by atoms with Crippen molar-refractivity contribution < 1.29 is 4.74 Å². The molecule has 1 aliphatic rings. The van der Waals surface area contributed by atoms with E-state index in [1.165, 1.54) is 11.3 Å². The summed E-state index contributed by atoms with van der Waals surface area (Å²) in [5.41, 5.74) is 2.62. The highest BCUT2D eigenvalue weighted by Crippen LogP contribution is 2.16. The van der Waals surface area contributed by atoms with Crippen LogP contribution in [-0.4, -0.2) is 43.8 Å². The van der Waals surface area contributed by atoms with Crippen molar-refractivity contribution in [1.82, 2.24) is 4.90 Å². The molecule has 0 spiro atoms. The maximum absolute atomic E-state index is 5.80. The quantitative estimate of drug-likeness (QED) is 0.866. The average molecular weight is 248 g/mol. The van der Waals surface area contributed by atoms with Gasteiger partial charge in [-0.2, -0.15) is 0 Å². The molecule has 3 heteroatoms. The largest absolute Gasteiger partial charge is 0.382 e. The zero-order chi connectivity index (χ0) is 12.8. The van der Waals surface area contributed by atoms with Gasteiger partial charge in [-0.3, -0.25) is 4.90 Å². The lowest BCUT2D eigenvalue weighted by Crippen LogP contribution is -2.45. The van der Waals surface area contributed by atoms with Crippen molar-refractivity contribution in [3.05, 3.63) is 29.8 Å². The SMILES string of the molecule is CCc1ccccc1NCC1CN(CC)CCO1. The Labute approximate surface area is 110 Å². The van der Waals surface area contributed by atoms with Gasteiger partial charge in [0.05, 0.1) is 12.7 Å². The van der Waals surface area contributed by atoms with Crippen molar-refractivity contribution >= 4 is 5.69 Å². The van der Waals surface area contributed by atoms with Crippen molar-refractivity contribution in [2.24, 2.45) is 0 Å². The van der Waals surface area contributed by atoms with E-state index >= 15 is 0 Å². The van der Waals surface area contributed by atoms with Crippen LogP contribution in [0.4, 0.5) is 5.69 Å². The molecule has 2 rings (SSSR count). The van der Waals surface area contributed by atoms with Crippen LogP contribution in [0, 0.1) is 0 Å². The molecule has 1 unspecified atom stereocenters. The standard InChI is InChI=1S/C15H24N2O/c1-3-13-7-5-6-8-15(13)16-11-14-12-17(4-2)9-10-18-14/h5-8,14,16H,3-4,9-12H2,1-2H3. The average Bonchev–Trinajstić information content (AvgIpc) is 2.45. The van der Waals surface area contributed by atoms with Crippen molar-refractivity contribution in [1.29, 1.82) is 0 Å². The van der Waals surface area contributed by atoms with Crippen LogP contribution >= 0.6 is 0 Å². The van der Waals surface area contributed by atoms with Crippen molar-refractivity contribution in [3.63, 3.8) is 0 Å². The molecular weight excluding hydrogens is 224 g/mol. The number of rotatable bonds is 5. The minimum Gasteiger partial charge on any atom is -0.382 e. The molecule has 1 atom stereocenters. The molecule has 0 aliphatic carbocycles. The van der Waals surface area contributed by atoms with Gasteiger partial charge in [0.2, 0.25) is 0 Å². The highest BCUT2D eigenvalue weighted by Gasteiger charge is 2.18. The minimum absolute atomic E-state index is 0.309. The predicted molar refractivity (Wildman–Crippen MR) is 76.2 cm³/mol. The molecule has 1 fully saturated rings. The second kappa shape index (κ2) is 6.76. The maximum atomic E-state index is 5.80. The van der Waals surface area contributed by atoms with E-state index in [4.69, 9.17) is 4.74 Å². The Morgan fingerprint density at radius 2 is 2.17 bits per heavy atom. The zero-order valence-corrected chi connectivity index (χ0v) is 11.5. The number of aryl methyl sites for hydroxylation is 1. The van der Waals surface area contributed by atoms with E-state index in [0.29, 0.717) is 6.10 Å². The smallest absolute Gasteiger partial charge is 0.0874 e. The second-order valence-corrected chi connectivity index (χ2v) is 4.78. The van der Waals surface area contributed by atoms with Crippen LogP contribution in [0.25, 0.3) is 0 Å². The lowest BCUT2D eigenvalue weighted by atomic mass is 10.1. The second-order valence-electron chi connectivity index (χ2n) is 4.78. The van der Waals surface area contributed by atoms with Crippen LogP contribution < -0.4 is 5.32 Å². The molecule has 3 nitrogen and oxygen atoms in total. The first-order chi connectivity index (χ1) is 8.83. The van der Waals surface area contributed by atoms with Gasteiger partial charge < -0.3 is 10.1 Å². The zero-order valence-electron chi connectivity index (χ0n) is 11.5. The molecule has 0 radical (unpaired) electrons. The molecule has 0 saturated carbocycles.